The molecular weight excluding hydrogens is 341 g/mol. The van der Waals surface area contributed by atoms with Gasteiger partial charge in [-0.15, -0.1) is 11.8 Å². The van der Waals surface area contributed by atoms with Gasteiger partial charge in [0.05, 0.1) is 17.7 Å². The SMILES string of the molecule is N#CC1(NC(=O)C2CC(Sc3ncccc3C(F)(F)F)CN2)CC1. The highest BCUT2D eigenvalue weighted by atomic mass is 32.2. The Hall–Kier alpha value is -1.79. The number of carbonyl (C=O) groups is 1. The van der Waals surface area contributed by atoms with Crippen molar-refractivity contribution < 1.29 is 18.0 Å². The number of halogens is 3. The van der Waals surface area contributed by atoms with E-state index >= 15 is 0 Å². The van der Waals surface area contributed by atoms with E-state index in [1.807, 2.05) is 0 Å². The van der Waals surface area contributed by atoms with Crippen LogP contribution in [0.1, 0.15) is 24.8 Å². The molecular formula is C15H15F3N4OS. The lowest BCUT2D eigenvalue weighted by atomic mass is 10.2. The summed E-state index contributed by atoms with van der Waals surface area (Å²) in [6.45, 7) is 0.413. The van der Waals surface area contributed by atoms with Crippen LogP contribution in [0.3, 0.4) is 0 Å². The van der Waals surface area contributed by atoms with Crippen LogP contribution in [0, 0.1) is 11.3 Å². The predicted molar refractivity (Wildman–Crippen MR) is 81.0 cm³/mol. The number of alkyl halides is 3. The van der Waals surface area contributed by atoms with Crippen molar-refractivity contribution in [1.82, 2.24) is 15.6 Å². The summed E-state index contributed by atoms with van der Waals surface area (Å²) in [7, 11) is 0. The number of carbonyl (C=O) groups excluding carboxylic acids is 1. The van der Waals surface area contributed by atoms with Gasteiger partial charge in [-0.1, -0.05) is 0 Å². The van der Waals surface area contributed by atoms with Gasteiger partial charge in [0.1, 0.15) is 10.6 Å². The largest absolute Gasteiger partial charge is 0.419 e. The van der Waals surface area contributed by atoms with E-state index in [9.17, 15) is 18.0 Å². The van der Waals surface area contributed by atoms with Crippen LogP contribution in [0.25, 0.3) is 0 Å². The first-order valence-corrected chi connectivity index (χ1v) is 8.36. The van der Waals surface area contributed by atoms with Crippen LogP contribution in [-0.4, -0.2) is 34.3 Å². The Morgan fingerprint density at radius 3 is 2.88 bits per heavy atom. The van der Waals surface area contributed by atoms with Gasteiger partial charge in [-0.2, -0.15) is 18.4 Å². The van der Waals surface area contributed by atoms with Crippen molar-refractivity contribution in [1.29, 1.82) is 5.26 Å². The lowest BCUT2D eigenvalue weighted by Crippen LogP contribution is -2.45. The van der Waals surface area contributed by atoms with Crippen molar-refractivity contribution in [2.24, 2.45) is 0 Å². The van der Waals surface area contributed by atoms with E-state index in [0.29, 0.717) is 25.8 Å². The topological polar surface area (TPSA) is 77.8 Å². The number of hydrogen-bond donors (Lipinski definition) is 2. The second kappa shape index (κ2) is 6.26. The summed E-state index contributed by atoms with van der Waals surface area (Å²) in [5.74, 6) is -0.269. The first-order chi connectivity index (χ1) is 11.3. The molecule has 0 aromatic carbocycles. The Balaban J connectivity index is 1.61. The van der Waals surface area contributed by atoms with Gasteiger partial charge < -0.3 is 10.6 Å². The highest BCUT2D eigenvalue weighted by Gasteiger charge is 2.46. The number of aromatic nitrogens is 1. The highest BCUT2D eigenvalue weighted by Crippen LogP contribution is 2.38. The number of nitrogens with zero attached hydrogens (tertiary/aromatic N) is 2. The van der Waals surface area contributed by atoms with Gasteiger partial charge in [0.15, 0.2) is 0 Å². The number of pyridine rings is 1. The van der Waals surface area contributed by atoms with E-state index in [2.05, 4.69) is 21.7 Å². The normalized spacial score (nSPS) is 25.1. The van der Waals surface area contributed by atoms with Crippen molar-refractivity contribution in [3.63, 3.8) is 0 Å². The lowest BCUT2D eigenvalue weighted by molar-refractivity contribution is -0.140. The lowest BCUT2D eigenvalue weighted by Gasteiger charge is -2.15. The van der Waals surface area contributed by atoms with Crippen LogP contribution in [0.4, 0.5) is 13.2 Å². The minimum atomic E-state index is -4.45. The van der Waals surface area contributed by atoms with E-state index in [-0.39, 0.29) is 16.2 Å². The summed E-state index contributed by atoms with van der Waals surface area (Å²) >= 11 is 1.03. The van der Waals surface area contributed by atoms with Gasteiger partial charge in [0.2, 0.25) is 5.91 Å². The third kappa shape index (κ3) is 3.65. The molecule has 0 spiro atoms. The molecule has 1 saturated heterocycles. The quantitative estimate of drug-likeness (QED) is 0.864. The standard InChI is InChI=1S/C15H15F3N4OS/c16-15(17,18)10-2-1-5-20-13(10)24-9-6-11(21-7-9)12(23)22-14(8-19)3-4-14/h1-2,5,9,11,21H,3-4,6-7H2,(H,22,23). The van der Waals surface area contributed by atoms with Crippen molar-refractivity contribution >= 4 is 17.7 Å². The maximum Gasteiger partial charge on any atom is 0.419 e. The summed E-state index contributed by atoms with van der Waals surface area (Å²) < 4.78 is 39.0. The molecule has 5 nitrogen and oxygen atoms in total. The molecule has 2 heterocycles. The summed E-state index contributed by atoms with van der Waals surface area (Å²) in [5, 5.41) is 14.5. The van der Waals surface area contributed by atoms with Gasteiger partial charge in [-0.25, -0.2) is 4.98 Å². The number of amides is 1. The molecule has 2 N–H and O–H groups in total. The summed E-state index contributed by atoms with van der Waals surface area (Å²) in [6, 6.07) is 3.85. The molecule has 1 saturated carbocycles. The van der Waals surface area contributed by atoms with Crippen LogP contribution >= 0.6 is 11.8 Å². The van der Waals surface area contributed by atoms with Gasteiger partial charge in [-0.05, 0) is 31.4 Å². The summed E-state index contributed by atoms with van der Waals surface area (Å²) in [5.41, 5.74) is -1.50. The molecule has 3 rings (SSSR count). The van der Waals surface area contributed by atoms with Crippen LogP contribution < -0.4 is 10.6 Å². The molecule has 2 aliphatic rings. The fourth-order valence-electron chi connectivity index (χ4n) is 2.56. The zero-order valence-electron chi connectivity index (χ0n) is 12.6. The Kier molecular flexibility index (Phi) is 4.44. The van der Waals surface area contributed by atoms with Gasteiger partial charge in [-0.3, -0.25) is 4.79 Å². The number of thioether (sulfide) groups is 1. The Morgan fingerprint density at radius 1 is 1.50 bits per heavy atom. The number of nitrogens with one attached hydrogen (secondary N) is 2. The first kappa shape index (κ1) is 17.0. The van der Waals surface area contributed by atoms with Gasteiger partial charge in [0.25, 0.3) is 0 Å². The minimum absolute atomic E-state index is 0.0754. The smallest absolute Gasteiger partial charge is 0.336 e. The molecule has 128 valence electrons. The molecule has 1 aliphatic heterocycles. The molecule has 0 bridgehead atoms. The van der Waals surface area contributed by atoms with E-state index in [0.717, 1.165) is 17.8 Å². The molecule has 2 atom stereocenters. The molecule has 2 fully saturated rings. The maximum absolute atomic E-state index is 13.0. The predicted octanol–water partition coefficient (Wildman–Crippen LogP) is 2.10. The molecule has 1 amide bonds. The highest BCUT2D eigenvalue weighted by molar-refractivity contribution is 8.00. The van der Waals surface area contributed by atoms with Crippen molar-refractivity contribution in [2.45, 2.75) is 47.3 Å². The van der Waals surface area contributed by atoms with Crippen LogP contribution in [0.2, 0.25) is 0 Å². The van der Waals surface area contributed by atoms with E-state index in [1.54, 1.807) is 0 Å². The Bertz CT molecular complexity index is 684. The van der Waals surface area contributed by atoms with Crippen molar-refractivity contribution in [3.05, 3.63) is 23.9 Å². The van der Waals surface area contributed by atoms with Gasteiger partial charge >= 0.3 is 6.18 Å². The second-order valence-electron chi connectivity index (χ2n) is 5.97. The zero-order valence-corrected chi connectivity index (χ0v) is 13.4. The summed E-state index contributed by atoms with van der Waals surface area (Å²) in [6.07, 6.45) is -1.45. The number of hydrogen-bond acceptors (Lipinski definition) is 5. The molecule has 0 radical (unpaired) electrons. The fourth-order valence-corrected chi connectivity index (χ4v) is 3.78. The fraction of sp³-hybridized carbons (Fsp3) is 0.533. The monoisotopic (exact) mass is 356 g/mol. The molecule has 1 aliphatic carbocycles. The molecule has 24 heavy (non-hydrogen) atoms. The average Bonchev–Trinajstić information content (AvgIpc) is 3.15. The van der Waals surface area contributed by atoms with E-state index in [1.165, 1.54) is 12.3 Å². The van der Waals surface area contributed by atoms with Crippen LogP contribution in [0.5, 0.6) is 0 Å². The van der Waals surface area contributed by atoms with Crippen molar-refractivity contribution in [3.8, 4) is 6.07 Å². The van der Waals surface area contributed by atoms with Crippen LogP contribution in [-0.2, 0) is 11.0 Å². The Labute approximate surface area is 141 Å². The second-order valence-corrected chi connectivity index (χ2v) is 7.26. The molecule has 1 aromatic heterocycles. The maximum atomic E-state index is 13.0. The van der Waals surface area contributed by atoms with Crippen molar-refractivity contribution in [2.75, 3.05) is 6.54 Å². The van der Waals surface area contributed by atoms with Crippen LogP contribution in [0.15, 0.2) is 23.4 Å². The number of rotatable bonds is 4. The third-order valence-electron chi connectivity index (χ3n) is 4.09. The number of nitriles is 1. The third-order valence-corrected chi connectivity index (χ3v) is 5.33. The molecule has 9 heteroatoms. The van der Waals surface area contributed by atoms with E-state index < -0.39 is 23.3 Å². The van der Waals surface area contributed by atoms with E-state index in [4.69, 9.17) is 5.26 Å². The molecule has 2 unspecified atom stereocenters. The zero-order chi connectivity index (χ0) is 17.4. The average molecular weight is 356 g/mol. The Morgan fingerprint density at radius 2 is 2.25 bits per heavy atom. The summed E-state index contributed by atoms with van der Waals surface area (Å²) in [4.78, 5) is 16.0. The minimum Gasteiger partial charge on any atom is -0.336 e. The molecule has 1 aromatic rings. The first-order valence-electron chi connectivity index (χ1n) is 7.48. The van der Waals surface area contributed by atoms with Gasteiger partial charge in [0, 0.05) is 18.0 Å².